The number of aliphatic hydroxyl groups is 1. The molecule has 176 valence electrons. The third-order valence-electron chi connectivity index (χ3n) is 7.68. The molecule has 8 nitrogen and oxygen atoms in total. The Morgan fingerprint density at radius 1 is 1.12 bits per heavy atom. The number of rotatable bonds is 4. The van der Waals surface area contributed by atoms with Crippen LogP contribution in [0.15, 0.2) is 28.2 Å². The second kappa shape index (κ2) is 7.42. The number of carbonyl (C=O) groups is 4. The molecule has 4 amide bonds. The molecule has 1 N–H and O–H groups in total. The molecule has 1 saturated carbocycles. The van der Waals surface area contributed by atoms with Crippen LogP contribution in [0.4, 0.5) is 0 Å². The van der Waals surface area contributed by atoms with Crippen molar-refractivity contribution in [2.75, 3.05) is 13.6 Å². The molecule has 10 heteroatoms. The maximum Gasteiger partial charge on any atom is 0.253 e. The highest BCUT2D eigenvalue weighted by Gasteiger charge is 2.76. The third kappa shape index (κ3) is 2.68. The van der Waals surface area contributed by atoms with Gasteiger partial charge in [-0.05, 0) is 37.3 Å². The fourth-order valence-corrected chi connectivity index (χ4v) is 7.20. The van der Waals surface area contributed by atoms with Gasteiger partial charge in [0.1, 0.15) is 18.1 Å². The molecule has 0 aromatic carbocycles. The van der Waals surface area contributed by atoms with Crippen LogP contribution in [-0.2, 0) is 25.8 Å². The van der Waals surface area contributed by atoms with Crippen LogP contribution in [0.2, 0.25) is 0 Å². The molecule has 3 heterocycles. The number of aliphatic hydroxyl groups excluding tert-OH is 1. The lowest BCUT2D eigenvalue weighted by Gasteiger charge is -2.49. The normalized spacial score (nSPS) is 37.9. The number of carbonyl (C=O) groups excluding carboxylic acids is 4. The fraction of sp³-hybridized carbons (Fsp3) is 0.565. The molecule has 2 saturated heterocycles. The Balaban J connectivity index is 1.69. The van der Waals surface area contributed by atoms with E-state index in [0.717, 1.165) is 4.90 Å². The molecular formula is C23H24Cl2N2O6. The number of hydrogen-bond donors (Lipinski definition) is 1. The lowest BCUT2D eigenvalue weighted by molar-refractivity contribution is -0.141. The van der Waals surface area contributed by atoms with E-state index in [4.69, 9.17) is 27.6 Å². The van der Waals surface area contributed by atoms with Crippen LogP contribution in [0.1, 0.15) is 43.6 Å². The van der Waals surface area contributed by atoms with E-state index in [-0.39, 0.29) is 36.4 Å². The van der Waals surface area contributed by atoms with Crippen molar-refractivity contribution in [3.8, 4) is 0 Å². The summed E-state index contributed by atoms with van der Waals surface area (Å²) in [6.07, 6.45) is 2.78. The van der Waals surface area contributed by atoms with E-state index in [9.17, 15) is 24.3 Å². The summed E-state index contributed by atoms with van der Waals surface area (Å²) in [4.78, 5) is 51.5. The summed E-state index contributed by atoms with van der Waals surface area (Å²) in [6, 6.07) is 3.17. The van der Waals surface area contributed by atoms with Gasteiger partial charge in [0.05, 0.1) is 17.8 Å². The summed E-state index contributed by atoms with van der Waals surface area (Å²) in [7, 11) is 1.34. The van der Waals surface area contributed by atoms with Gasteiger partial charge < -0.3 is 9.52 Å². The zero-order valence-electron chi connectivity index (χ0n) is 18.2. The first-order valence-corrected chi connectivity index (χ1v) is 11.8. The number of amides is 4. The first-order valence-electron chi connectivity index (χ1n) is 11.1. The van der Waals surface area contributed by atoms with Gasteiger partial charge in [-0.3, -0.25) is 29.0 Å². The number of furan rings is 1. The van der Waals surface area contributed by atoms with Crippen molar-refractivity contribution in [1.29, 1.82) is 0 Å². The van der Waals surface area contributed by atoms with Crippen molar-refractivity contribution < 1.29 is 28.7 Å². The number of hydrogen-bond acceptors (Lipinski definition) is 6. The van der Waals surface area contributed by atoms with E-state index >= 15 is 0 Å². The minimum atomic E-state index is -1.87. The lowest BCUT2D eigenvalue weighted by Crippen LogP contribution is -2.60. The zero-order valence-corrected chi connectivity index (χ0v) is 19.7. The monoisotopic (exact) mass is 494 g/mol. The van der Waals surface area contributed by atoms with Crippen LogP contribution >= 0.6 is 23.2 Å². The van der Waals surface area contributed by atoms with Crippen LogP contribution in [0.25, 0.3) is 0 Å². The minimum Gasteiger partial charge on any atom is -0.463 e. The molecule has 1 aromatic heterocycles. The number of alkyl halides is 2. The molecule has 0 unspecified atom stereocenters. The van der Waals surface area contributed by atoms with Crippen LogP contribution in [0.5, 0.6) is 0 Å². The molecule has 4 aliphatic rings. The molecule has 0 radical (unpaired) electrons. The zero-order chi connectivity index (χ0) is 23.9. The van der Waals surface area contributed by atoms with Gasteiger partial charge in [0.25, 0.3) is 11.8 Å². The quantitative estimate of drug-likeness (QED) is 0.390. The topological polar surface area (TPSA) is 108 Å². The van der Waals surface area contributed by atoms with Crippen molar-refractivity contribution in [3.63, 3.8) is 0 Å². The van der Waals surface area contributed by atoms with Crippen LogP contribution in [-0.4, -0.2) is 61.9 Å². The highest BCUT2D eigenvalue weighted by atomic mass is 35.5. The lowest BCUT2D eigenvalue weighted by atomic mass is 9.57. The Hall–Kier alpha value is -2.16. The average Bonchev–Trinajstić information content (AvgIpc) is 3.40. The highest BCUT2D eigenvalue weighted by molar-refractivity contribution is 6.53. The molecule has 5 rings (SSSR count). The number of likely N-dealkylation sites (tertiary alicyclic amines) is 2. The van der Waals surface area contributed by atoms with Crippen molar-refractivity contribution in [2.45, 2.75) is 48.5 Å². The Morgan fingerprint density at radius 2 is 1.85 bits per heavy atom. The molecule has 2 aliphatic heterocycles. The summed E-state index contributed by atoms with van der Waals surface area (Å²) in [6.45, 7) is 1.87. The summed E-state index contributed by atoms with van der Waals surface area (Å²) in [5.74, 6) is -3.89. The van der Waals surface area contributed by atoms with Crippen molar-refractivity contribution in [2.24, 2.45) is 17.8 Å². The van der Waals surface area contributed by atoms with Gasteiger partial charge in [0, 0.05) is 13.6 Å². The maximum atomic E-state index is 13.4. The van der Waals surface area contributed by atoms with E-state index in [1.165, 1.54) is 11.9 Å². The SMILES string of the molecule is CCCN1C(=O)[C@H]2[C@H](CC=C3[C@H]2C[C@@]2(Cl)C(=O)N(C)C(=O)[C@@]2(Cl)[C@H]3c2ccc(CO)o2)C1=O. The van der Waals surface area contributed by atoms with E-state index in [0.29, 0.717) is 25.0 Å². The van der Waals surface area contributed by atoms with E-state index in [1.807, 2.05) is 13.0 Å². The Labute approximate surface area is 200 Å². The van der Waals surface area contributed by atoms with E-state index in [2.05, 4.69) is 0 Å². The molecule has 1 aromatic rings. The first-order chi connectivity index (χ1) is 15.6. The summed E-state index contributed by atoms with van der Waals surface area (Å²) >= 11 is 14.0. The predicted molar refractivity (Wildman–Crippen MR) is 117 cm³/mol. The Morgan fingerprint density at radius 3 is 2.48 bits per heavy atom. The number of allylic oxidation sites excluding steroid dienone is 2. The highest BCUT2D eigenvalue weighted by Crippen LogP contribution is 2.65. The van der Waals surface area contributed by atoms with Crippen molar-refractivity contribution >= 4 is 46.8 Å². The van der Waals surface area contributed by atoms with Crippen LogP contribution in [0.3, 0.4) is 0 Å². The second-order valence-corrected chi connectivity index (χ2v) is 10.5. The number of imide groups is 2. The van der Waals surface area contributed by atoms with Crippen LogP contribution < -0.4 is 0 Å². The van der Waals surface area contributed by atoms with Crippen molar-refractivity contribution in [3.05, 3.63) is 35.3 Å². The fourth-order valence-electron chi connectivity index (χ4n) is 6.20. The first kappa shape index (κ1) is 22.6. The largest absolute Gasteiger partial charge is 0.463 e. The maximum absolute atomic E-state index is 13.4. The Bertz CT molecular complexity index is 1110. The molecule has 2 aliphatic carbocycles. The minimum absolute atomic E-state index is 0.0387. The van der Waals surface area contributed by atoms with Gasteiger partial charge in [0.2, 0.25) is 11.8 Å². The number of fused-ring (bicyclic) bond motifs is 4. The van der Waals surface area contributed by atoms with Gasteiger partial charge in [-0.25, -0.2) is 0 Å². The van der Waals surface area contributed by atoms with E-state index < -0.39 is 45.2 Å². The number of halogens is 2. The summed E-state index contributed by atoms with van der Waals surface area (Å²) in [5, 5.41) is 9.50. The van der Waals surface area contributed by atoms with Crippen LogP contribution in [0, 0.1) is 17.8 Å². The van der Waals surface area contributed by atoms with Gasteiger partial charge in [-0.15, -0.1) is 23.2 Å². The van der Waals surface area contributed by atoms with Crippen molar-refractivity contribution in [1.82, 2.24) is 9.80 Å². The van der Waals surface area contributed by atoms with Gasteiger partial charge >= 0.3 is 0 Å². The average molecular weight is 495 g/mol. The van der Waals surface area contributed by atoms with Gasteiger partial charge in [-0.1, -0.05) is 18.6 Å². The summed E-state index contributed by atoms with van der Waals surface area (Å²) < 4.78 is 5.80. The Kier molecular flexibility index (Phi) is 5.09. The predicted octanol–water partition coefficient (Wildman–Crippen LogP) is 2.17. The molecule has 0 spiro atoms. The molecule has 0 bridgehead atoms. The van der Waals surface area contributed by atoms with E-state index in [1.54, 1.807) is 12.1 Å². The molecule has 3 fully saturated rings. The standard InChI is InChI=1S/C23H24Cl2N2O6/c1-3-8-27-18(29)13-6-5-12-14(16(13)19(27)30)9-22(24)20(31)26(2)21(32)23(22,25)17(12)15-7-4-11(10-28)33-15/h4-5,7,13-14,16-17,28H,3,6,8-10H2,1-2H3/t13-,14+,16-,17+,22+,23-/m0/s1. The molecular weight excluding hydrogens is 471 g/mol. The smallest absolute Gasteiger partial charge is 0.253 e. The third-order valence-corrected chi connectivity index (χ3v) is 9.09. The van der Waals surface area contributed by atoms with Gasteiger partial charge in [-0.2, -0.15) is 0 Å². The molecule has 6 atom stereocenters. The van der Waals surface area contributed by atoms with Gasteiger partial charge in [0.15, 0.2) is 9.75 Å². The number of nitrogens with zero attached hydrogens (tertiary/aromatic N) is 2. The molecule has 33 heavy (non-hydrogen) atoms. The second-order valence-electron chi connectivity index (χ2n) is 9.29. The summed E-state index contributed by atoms with van der Waals surface area (Å²) in [5.41, 5.74) is 0.678.